The molecule has 1 atom stereocenters. The van der Waals surface area contributed by atoms with Gasteiger partial charge in [-0.1, -0.05) is 0 Å². The highest BCUT2D eigenvalue weighted by Gasteiger charge is 2.27. The Bertz CT molecular complexity index is 392. The van der Waals surface area contributed by atoms with E-state index in [-0.39, 0.29) is 0 Å². The van der Waals surface area contributed by atoms with Gasteiger partial charge in [0.25, 0.3) is 0 Å². The Morgan fingerprint density at radius 3 is 3.00 bits per heavy atom. The van der Waals surface area contributed by atoms with Crippen LogP contribution in [0.2, 0.25) is 0 Å². The van der Waals surface area contributed by atoms with E-state index in [9.17, 15) is 0 Å². The summed E-state index contributed by atoms with van der Waals surface area (Å²) in [4.78, 5) is 9.24. The molecule has 0 N–H and O–H groups in total. The van der Waals surface area contributed by atoms with Crippen LogP contribution in [0.15, 0.2) is 16.7 Å². The number of aryl methyl sites for hydroxylation is 1. The van der Waals surface area contributed by atoms with Crippen molar-refractivity contribution in [3.63, 3.8) is 0 Å². The third-order valence-electron chi connectivity index (χ3n) is 3.29. The van der Waals surface area contributed by atoms with Gasteiger partial charge in [0.15, 0.2) is 0 Å². The van der Waals surface area contributed by atoms with Crippen LogP contribution in [0.25, 0.3) is 0 Å². The topological polar surface area (TPSA) is 19.4 Å². The van der Waals surface area contributed by atoms with Crippen molar-refractivity contribution in [2.45, 2.75) is 25.8 Å². The SMILES string of the molecule is Cc1ccnc(N2CCCC2CN(C)C)c1Br. The zero-order valence-corrected chi connectivity index (χ0v) is 12.4. The molecule has 94 valence electrons. The van der Waals surface area contributed by atoms with Crippen LogP contribution in [0, 0.1) is 6.92 Å². The van der Waals surface area contributed by atoms with Crippen molar-refractivity contribution in [2.75, 3.05) is 32.1 Å². The zero-order valence-electron chi connectivity index (χ0n) is 10.8. The lowest BCUT2D eigenvalue weighted by molar-refractivity contribution is 0.371. The van der Waals surface area contributed by atoms with Crippen LogP contribution in [-0.2, 0) is 0 Å². The molecule has 1 aliphatic heterocycles. The molecule has 0 saturated carbocycles. The van der Waals surface area contributed by atoms with Crippen LogP contribution >= 0.6 is 15.9 Å². The summed E-state index contributed by atoms with van der Waals surface area (Å²) in [6.07, 6.45) is 4.43. The van der Waals surface area contributed by atoms with E-state index in [2.05, 4.69) is 51.7 Å². The van der Waals surface area contributed by atoms with E-state index < -0.39 is 0 Å². The Labute approximate surface area is 112 Å². The number of pyridine rings is 1. The molecule has 0 radical (unpaired) electrons. The maximum Gasteiger partial charge on any atom is 0.143 e. The van der Waals surface area contributed by atoms with Gasteiger partial charge < -0.3 is 9.80 Å². The molecule has 1 saturated heterocycles. The number of halogens is 1. The monoisotopic (exact) mass is 297 g/mol. The molecular weight excluding hydrogens is 278 g/mol. The van der Waals surface area contributed by atoms with E-state index in [0.717, 1.165) is 23.4 Å². The number of hydrogen-bond donors (Lipinski definition) is 0. The molecule has 1 aromatic rings. The van der Waals surface area contributed by atoms with Crippen LogP contribution in [-0.4, -0.2) is 43.1 Å². The van der Waals surface area contributed by atoms with Crippen LogP contribution in [0.3, 0.4) is 0 Å². The molecule has 1 aromatic heterocycles. The van der Waals surface area contributed by atoms with Crippen LogP contribution in [0.5, 0.6) is 0 Å². The van der Waals surface area contributed by atoms with E-state index in [1.165, 1.54) is 18.4 Å². The average molecular weight is 298 g/mol. The van der Waals surface area contributed by atoms with Crippen molar-refractivity contribution in [1.29, 1.82) is 0 Å². The predicted molar refractivity (Wildman–Crippen MR) is 75.6 cm³/mol. The number of likely N-dealkylation sites (N-methyl/N-ethyl adjacent to an activating group) is 1. The molecule has 1 unspecified atom stereocenters. The van der Waals surface area contributed by atoms with Gasteiger partial charge in [-0.25, -0.2) is 4.98 Å². The Morgan fingerprint density at radius 2 is 2.29 bits per heavy atom. The van der Waals surface area contributed by atoms with Crippen molar-refractivity contribution in [2.24, 2.45) is 0 Å². The fourth-order valence-corrected chi connectivity index (χ4v) is 2.91. The Hall–Kier alpha value is -0.610. The van der Waals surface area contributed by atoms with Gasteiger partial charge in [-0.2, -0.15) is 0 Å². The first-order chi connectivity index (χ1) is 8.09. The van der Waals surface area contributed by atoms with E-state index in [4.69, 9.17) is 0 Å². The molecule has 0 spiro atoms. The van der Waals surface area contributed by atoms with Gasteiger partial charge in [0.05, 0.1) is 4.47 Å². The molecule has 1 aliphatic rings. The van der Waals surface area contributed by atoms with E-state index in [1.807, 2.05) is 12.3 Å². The highest BCUT2D eigenvalue weighted by molar-refractivity contribution is 9.10. The minimum absolute atomic E-state index is 0.593. The van der Waals surface area contributed by atoms with Gasteiger partial charge in [0.2, 0.25) is 0 Å². The second-order valence-corrected chi connectivity index (χ2v) is 5.81. The fraction of sp³-hybridized carbons (Fsp3) is 0.615. The van der Waals surface area contributed by atoms with Gasteiger partial charge in [0.1, 0.15) is 5.82 Å². The third kappa shape index (κ3) is 2.80. The lowest BCUT2D eigenvalue weighted by atomic mass is 10.2. The maximum absolute atomic E-state index is 4.54. The number of nitrogens with zero attached hydrogens (tertiary/aromatic N) is 3. The Kier molecular flexibility index (Phi) is 4.05. The van der Waals surface area contributed by atoms with E-state index in [1.54, 1.807) is 0 Å². The third-order valence-corrected chi connectivity index (χ3v) is 4.27. The molecule has 0 amide bonds. The first-order valence-corrected chi connectivity index (χ1v) is 6.91. The number of rotatable bonds is 3. The molecule has 4 heteroatoms. The minimum Gasteiger partial charge on any atom is -0.351 e. The summed E-state index contributed by atoms with van der Waals surface area (Å²) in [5.74, 6) is 1.11. The van der Waals surface area contributed by atoms with E-state index >= 15 is 0 Å². The zero-order chi connectivity index (χ0) is 12.4. The number of anilines is 1. The number of aromatic nitrogens is 1. The van der Waals surface area contributed by atoms with Gasteiger partial charge in [-0.05, 0) is 61.4 Å². The lowest BCUT2D eigenvalue weighted by Crippen LogP contribution is -2.38. The summed E-state index contributed by atoms with van der Waals surface area (Å²) in [6, 6.07) is 2.64. The Morgan fingerprint density at radius 1 is 1.53 bits per heavy atom. The molecular formula is C13H20BrN3. The molecule has 2 rings (SSSR count). The van der Waals surface area contributed by atoms with E-state index in [0.29, 0.717) is 6.04 Å². The summed E-state index contributed by atoms with van der Waals surface area (Å²) in [7, 11) is 4.27. The quantitative estimate of drug-likeness (QED) is 0.855. The smallest absolute Gasteiger partial charge is 0.143 e. The van der Waals surface area contributed by atoms with Crippen molar-refractivity contribution >= 4 is 21.7 Å². The molecule has 0 bridgehead atoms. The Balaban J connectivity index is 2.23. The van der Waals surface area contributed by atoms with Crippen LogP contribution in [0.4, 0.5) is 5.82 Å². The highest BCUT2D eigenvalue weighted by Crippen LogP contribution is 2.32. The van der Waals surface area contributed by atoms with Crippen LogP contribution < -0.4 is 4.90 Å². The summed E-state index contributed by atoms with van der Waals surface area (Å²) < 4.78 is 1.14. The summed E-state index contributed by atoms with van der Waals surface area (Å²) in [5, 5.41) is 0. The molecule has 1 fully saturated rings. The first kappa shape index (κ1) is 12.8. The molecule has 3 nitrogen and oxygen atoms in total. The van der Waals surface area contributed by atoms with Gasteiger partial charge in [-0.3, -0.25) is 0 Å². The molecule has 2 heterocycles. The fourth-order valence-electron chi connectivity index (χ4n) is 2.45. The number of hydrogen-bond acceptors (Lipinski definition) is 3. The van der Waals surface area contributed by atoms with Crippen LogP contribution in [0.1, 0.15) is 18.4 Å². The van der Waals surface area contributed by atoms with Gasteiger partial charge >= 0.3 is 0 Å². The normalized spacial score (nSPS) is 20.3. The highest BCUT2D eigenvalue weighted by atomic mass is 79.9. The second-order valence-electron chi connectivity index (χ2n) is 5.02. The molecule has 17 heavy (non-hydrogen) atoms. The largest absolute Gasteiger partial charge is 0.351 e. The van der Waals surface area contributed by atoms with Gasteiger partial charge in [0, 0.05) is 25.3 Å². The van der Waals surface area contributed by atoms with Crippen molar-refractivity contribution < 1.29 is 0 Å². The first-order valence-electron chi connectivity index (χ1n) is 6.12. The van der Waals surface area contributed by atoms with Crippen molar-refractivity contribution in [3.8, 4) is 0 Å². The minimum atomic E-state index is 0.593. The summed E-state index contributed by atoms with van der Waals surface area (Å²) in [5.41, 5.74) is 1.26. The molecule has 0 aliphatic carbocycles. The maximum atomic E-state index is 4.54. The average Bonchev–Trinajstić information content (AvgIpc) is 2.69. The predicted octanol–water partition coefficient (Wildman–Crippen LogP) is 2.68. The standard InChI is InChI=1S/C13H20BrN3/c1-10-6-7-15-13(12(10)14)17-8-4-5-11(17)9-16(2)3/h6-7,11H,4-5,8-9H2,1-3H3. The van der Waals surface area contributed by atoms with Gasteiger partial charge in [-0.15, -0.1) is 0 Å². The lowest BCUT2D eigenvalue weighted by Gasteiger charge is -2.29. The summed E-state index contributed by atoms with van der Waals surface area (Å²) >= 11 is 3.67. The van der Waals surface area contributed by atoms with Crippen molar-refractivity contribution in [1.82, 2.24) is 9.88 Å². The molecule has 0 aromatic carbocycles. The summed E-state index contributed by atoms with van der Waals surface area (Å²) in [6.45, 7) is 4.34. The van der Waals surface area contributed by atoms with Crippen molar-refractivity contribution in [3.05, 3.63) is 22.3 Å². The second kappa shape index (κ2) is 5.36.